The van der Waals surface area contributed by atoms with Crippen molar-refractivity contribution in [2.75, 3.05) is 12.4 Å². The molecule has 1 aliphatic carbocycles. The second-order valence-corrected chi connectivity index (χ2v) is 6.30. The highest BCUT2D eigenvalue weighted by Crippen LogP contribution is 2.24. The van der Waals surface area contributed by atoms with E-state index in [1.165, 1.54) is 15.3 Å². The molecule has 0 unspecified atom stereocenters. The molecule has 0 spiro atoms. The topological polar surface area (TPSA) is 101 Å². The molecule has 2 aromatic heterocycles. The Morgan fingerprint density at radius 3 is 2.74 bits per heavy atom. The second kappa shape index (κ2) is 5.60. The number of hydrogen-bond acceptors (Lipinski definition) is 5. The normalized spacial score (nSPS) is 14.4. The Bertz CT molecular complexity index is 817. The summed E-state index contributed by atoms with van der Waals surface area (Å²) in [7, 11) is 1.71. The van der Waals surface area contributed by atoms with Gasteiger partial charge in [0.05, 0.1) is 11.9 Å². The predicted octanol–water partition coefficient (Wildman–Crippen LogP) is 0.791. The number of aromatic nitrogens is 3. The molecule has 23 heavy (non-hydrogen) atoms. The molecule has 0 bridgehead atoms. The van der Waals surface area contributed by atoms with E-state index in [1.54, 1.807) is 7.05 Å². The smallest absolute Gasteiger partial charge is 0.270 e. The number of aromatic hydroxyl groups is 1. The number of rotatable bonds is 5. The maximum absolute atomic E-state index is 12.8. The molecule has 2 aromatic rings. The molecule has 2 heterocycles. The molecule has 0 aliphatic heterocycles. The van der Waals surface area contributed by atoms with Gasteiger partial charge in [-0.25, -0.2) is 0 Å². The molecular weight excluding hydrogens is 298 g/mol. The minimum absolute atomic E-state index is 0.0982. The van der Waals surface area contributed by atoms with Crippen LogP contribution in [0.3, 0.4) is 0 Å². The summed E-state index contributed by atoms with van der Waals surface area (Å²) in [6, 6.07) is 0.0982. The largest absolute Gasteiger partial charge is 0.492 e. The number of carbonyl (C=O) groups excluding carboxylic acids is 1. The summed E-state index contributed by atoms with van der Waals surface area (Å²) in [5, 5.41) is 20.2. The van der Waals surface area contributed by atoms with Crippen molar-refractivity contribution in [2.24, 2.45) is 5.92 Å². The van der Waals surface area contributed by atoms with E-state index in [2.05, 4.69) is 15.7 Å². The summed E-state index contributed by atoms with van der Waals surface area (Å²) in [6.07, 6.45) is 3.33. The SMILES string of the molecule is CNc1cnn2c(O)c(C(=O)NC3CC3)c(=O)n(CC(C)C)c12. The van der Waals surface area contributed by atoms with E-state index in [0.717, 1.165) is 12.8 Å². The summed E-state index contributed by atoms with van der Waals surface area (Å²) in [5.41, 5.74) is 0.313. The number of carbonyl (C=O) groups is 1. The maximum atomic E-state index is 12.8. The van der Waals surface area contributed by atoms with Gasteiger partial charge in [0.25, 0.3) is 11.5 Å². The van der Waals surface area contributed by atoms with Crippen LogP contribution in [0.2, 0.25) is 0 Å². The minimum atomic E-state index is -0.545. The molecule has 8 heteroatoms. The van der Waals surface area contributed by atoms with E-state index in [0.29, 0.717) is 17.9 Å². The van der Waals surface area contributed by atoms with Crippen molar-refractivity contribution >= 4 is 17.2 Å². The van der Waals surface area contributed by atoms with Gasteiger partial charge in [0, 0.05) is 19.6 Å². The zero-order chi connectivity index (χ0) is 16.7. The molecule has 0 radical (unpaired) electrons. The van der Waals surface area contributed by atoms with Crippen LogP contribution >= 0.6 is 0 Å². The van der Waals surface area contributed by atoms with Gasteiger partial charge in [0.2, 0.25) is 5.88 Å². The van der Waals surface area contributed by atoms with Crippen LogP contribution in [0.4, 0.5) is 5.69 Å². The Labute approximate surface area is 133 Å². The van der Waals surface area contributed by atoms with Crippen molar-refractivity contribution in [1.29, 1.82) is 0 Å². The van der Waals surface area contributed by atoms with E-state index in [1.807, 2.05) is 13.8 Å². The standard InChI is InChI=1S/C15H21N5O3/c1-8(2)7-19-13-10(16-3)6-17-20(13)15(23)11(14(19)22)12(21)18-9-4-5-9/h6,8-9,16,23H,4-5,7H2,1-3H3,(H,18,21). The van der Waals surface area contributed by atoms with E-state index >= 15 is 0 Å². The fourth-order valence-corrected chi connectivity index (χ4v) is 2.58. The van der Waals surface area contributed by atoms with Crippen molar-refractivity contribution in [2.45, 2.75) is 39.3 Å². The van der Waals surface area contributed by atoms with Crippen LogP contribution < -0.4 is 16.2 Å². The fraction of sp³-hybridized carbons (Fsp3) is 0.533. The highest BCUT2D eigenvalue weighted by molar-refractivity contribution is 5.96. The Hall–Kier alpha value is -2.51. The fourth-order valence-electron chi connectivity index (χ4n) is 2.58. The lowest BCUT2D eigenvalue weighted by atomic mass is 10.2. The third kappa shape index (κ3) is 2.64. The van der Waals surface area contributed by atoms with Crippen LogP contribution in [0.1, 0.15) is 37.0 Å². The zero-order valence-electron chi connectivity index (χ0n) is 13.5. The second-order valence-electron chi connectivity index (χ2n) is 6.30. The number of fused-ring (bicyclic) bond motifs is 1. The molecule has 124 valence electrons. The van der Waals surface area contributed by atoms with E-state index in [9.17, 15) is 14.7 Å². The Morgan fingerprint density at radius 1 is 1.48 bits per heavy atom. The van der Waals surface area contributed by atoms with Crippen LogP contribution in [0, 0.1) is 5.92 Å². The Balaban J connectivity index is 2.24. The van der Waals surface area contributed by atoms with Crippen molar-refractivity contribution < 1.29 is 9.90 Å². The van der Waals surface area contributed by atoms with E-state index in [-0.39, 0.29) is 17.5 Å². The average molecular weight is 319 g/mol. The van der Waals surface area contributed by atoms with Gasteiger partial charge in [-0.1, -0.05) is 13.8 Å². The van der Waals surface area contributed by atoms with Crippen molar-refractivity contribution in [3.63, 3.8) is 0 Å². The lowest BCUT2D eigenvalue weighted by molar-refractivity contribution is 0.0944. The maximum Gasteiger partial charge on any atom is 0.270 e. The summed E-state index contributed by atoms with van der Waals surface area (Å²) >= 11 is 0. The number of anilines is 1. The van der Waals surface area contributed by atoms with Gasteiger partial charge in [-0.3, -0.25) is 14.2 Å². The van der Waals surface area contributed by atoms with Crippen molar-refractivity contribution in [3.05, 3.63) is 22.1 Å². The third-order valence-electron chi connectivity index (χ3n) is 3.84. The molecule has 0 saturated heterocycles. The molecule has 8 nitrogen and oxygen atoms in total. The third-order valence-corrected chi connectivity index (χ3v) is 3.84. The van der Waals surface area contributed by atoms with E-state index in [4.69, 9.17) is 0 Å². The first-order chi connectivity index (χ1) is 10.9. The number of hydrogen-bond donors (Lipinski definition) is 3. The lowest BCUT2D eigenvalue weighted by Crippen LogP contribution is -2.36. The summed E-state index contributed by atoms with van der Waals surface area (Å²) in [6.45, 7) is 4.39. The molecule has 1 saturated carbocycles. The zero-order valence-corrected chi connectivity index (χ0v) is 13.5. The van der Waals surface area contributed by atoms with Gasteiger partial charge in [-0.2, -0.15) is 9.61 Å². The Morgan fingerprint density at radius 2 is 2.17 bits per heavy atom. The molecule has 1 amide bonds. The lowest BCUT2D eigenvalue weighted by Gasteiger charge is -2.15. The van der Waals surface area contributed by atoms with Gasteiger partial charge >= 0.3 is 0 Å². The molecule has 0 atom stereocenters. The van der Waals surface area contributed by atoms with Gasteiger partial charge in [-0.15, -0.1) is 0 Å². The van der Waals surface area contributed by atoms with Crippen LogP contribution in [-0.4, -0.2) is 38.3 Å². The first-order valence-electron chi connectivity index (χ1n) is 7.76. The first kappa shape index (κ1) is 15.4. The number of nitrogens with zero attached hydrogens (tertiary/aromatic N) is 3. The first-order valence-corrected chi connectivity index (χ1v) is 7.76. The van der Waals surface area contributed by atoms with Crippen molar-refractivity contribution in [3.8, 4) is 5.88 Å². The van der Waals surface area contributed by atoms with Gasteiger partial charge < -0.3 is 15.7 Å². The van der Waals surface area contributed by atoms with Gasteiger partial charge in [0.1, 0.15) is 0 Å². The van der Waals surface area contributed by atoms with Gasteiger partial charge in [-0.05, 0) is 18.8 Å². The minimum Gasteiger partial charge on any atom is -0.492 e. The Kier molecular flexibility index (Phi) is 3.75. The summed E-state index contributed by atoms with van der Waals surface area (Å²) in [4.78, 5) is 25.2. The van der Waals surface area contributed by atoms with Crippen molar-refractivity contribution in [1.82, 2.24) is 19.5 Å². The molecule has 1 fully saturated rings. The van der Waals surface area contributed by atoms with Crippen LogP contribution in [0.25, 0.3) is 5.65 Å². The van der Waals surface area contributed by atoms with Crippen LogP contribution in [0.5, 0.6) is 5.88 Å². The highest BCUT2D eigenvalue weighted by Gasteiger charge is 2.29. The average Bonchev–Trinajstić information content (AvgIpc) is 3.18. The molecule has 1 aliphatic rings. The molecule has 3 N–H and O–H groups in total. The molecule has 3 rings (SSSR count). The summed E-state index contributed by atoms with van der Waals surface area (Å²) in [5.74, 6) is -0.777. The van der Waals surface area contributed by atoms with Gasteiger partial charge in [0.15, 0.2) is 11.2 Å². The predicted molar refractivity (Wildman–Crippen MR) is 86.0 cm³/mol. The molecule has 0 aromatic carbocycles. The van der Waals surface area contributed by atoms with E-state index < -0.39 is 17.3 Å². The quantitative estimate of drug-likeness (QED) is 0.756. The molecular formula is C15H21N5O3. The van der Waals surface area contributed by atoms with Crippen LogP contribution in [-0.2, 0) is 6.54 Å². The summed E-state index contributed by atoms with van der Waals surface area (Å²) < 4.78 is 2.72. The monoisotopic (exact) mass is 319 g/mol. The number of nitrogens with one attached hydrogen (secondary N) is 2. The van der Waals surface area contributed by atoms with Crippen LogP contribution in [0.15, 0.2) is 11.0 Å². The number of amides is 1. The highest BCUT2D eigenvalue weighted by atomic mass is 16.3.